The fourth-order valence-corrected chi connectivity index (χ4v) is 2.41. The molecule has 0 spiro atoms. The summed E-state index contributed by atoms with van der Waals surface area (Å²) in [6.07, 6.45) is 3.46. The van der Waals surface area contributed by atoms with E-state index in [0.29, 0.717) is 6.10 Å². The van der Waals surface area contributed by atoms with E-state index in [1.54, 1.807) is 7.11 Å². The van der Waals surface area contributed by atoms with Crippen molar-refractivity contribution in [1.29, 1.82) is 0 Å². The molecule has 0 radical (unpaired) electrons. The van der Waals surface area contributed by atoms with Crippen LogP contribution in [0.15, 0.2) is 6.07 Å². The van der Waals surface area contributed by atoms with E-state index in [1.807, 2.05) is 6.07 Å². The molecule has 1 aromatic heterocycles. The molecule has 5 nitrogen and oxygen atoms in total. The third-order valence-corrected chi connectivity index (χ3v) is 3.47. The number of piperidine rings is 1. The number of rotatable bonds is 5. The fourth-order valence-electron chi connectivity index (χ4n) is 2.41. The first kappa shape index (κ1) is 14.1. The lowest BCUT2D eigenvalue weighted by molar-refractivity contribution is 0.0891. The first-order valence-electron chi connectivity index (χ1n) is 7.16. The molecule has 1 unspecified atom stereocenters. The molecule has 1 fully saturated rings. The van der Waals surface area contributed by atoms with E-state index in [4.69, 9.17) is 4.74 Å². The quantitative estimate of drug-likeness (QED) is 0.882. The topological polar surface area (TPSA) is 50.3 Å². The van der Waals surface area contributed by atoms with Gasteiger partial charge < -0.3 is 15.0 Å². The van der Waals surface area contributed by atoms with Gasteiger partial charge in [-0.2, -0.15) is 0 Å². The van der Waals surface area contributed by atoms with Crippen LogP contribution in [0.1, 0.15) is 32.5 Å². The van der Waals surface area contributed by atoms with Gasteiger partial charge in [0.15, 0.2) is 0 Å². The van der Waals surface area contributed by atoms with Gasteiger partial charge in [0, 0.05) is 39.2 Å². The van der Waals surface area contributed by atoms with E-state index in [2.05, 4.69) is 34.0 Å². The van der Waals surface area contributed by atoms with Crippen LogP contribution in [0, 0.1) is 0 Å². The molecule has 1 N–H and O–H groups in total. The number of ether oxygens (including phenoxy) is 1. The van der Waals surface area contributed by atoms with Gasteiger partial charge in [0.05, 0.1) is 6.10 Å². The molecule has 5 heteroatoms. The predicted octanol–water partition coefficient (Wildman–Crippen LogP) is 2.09. The molecule has 19 heavy (non-hydrogen) atoms. The minimum absolute atomic E-state index is 0.316. The predicted molar refractivity (Wildman–Crippen MR) is 77.8 cm³/mol. The van der Waals surface area contributed by atoms with Crippen LogP contribution < -0.4 is 10.2 Å². The van der Waals surface area contributed by atoms with Gasteiger partial charge in [-0.25, -0.2) is 9.97 Å². The lowest BCUT2D eigenvalue weighted by atomic mass is 10.1. The third-order valence-electron chi connectivity index (χ3n) is 3.47. The molecule has 0 saturated carbocycles. The Balaban J connectivity index is 2.19. The maximum absolute atomic E-state index is 5.48. The number of anilines is 2. The van der Waals surface area contributed by atoms with Crippen molar-refractivity contribution in [1.82, 2.24) is 9.97 Å². The van der Waals surface area contributed by atoms with Crippen LogP contribution in [0.3, 0.4) is 0 Å². The Bertz CT molecular complexity index is 410. The Morgan fingerprint density at radius 3 is 2.95 bits per heavy atom. The maximum atomic E-state index is 5.48. The maximum Gasteiger partial charge on any atom is 0.134 e. The molecule has 0 aromatic carbocycles. The highest BCUT2D eigenvalue weighted by Crippen LogP contribution is 2.21. The van der Waals surface area contributed by atoms with E-state index in [9.17, 15) is 0 Å². The SMILES string of the molecule is CCNc1cc(N2CCCC(OC)C2)nc(CC)n1. The Kier molecular flexibility index (Phi) is 4.96. The van der Waals surface area contributed by atoms with Gasteiger partial charge in [-0.05, 0) is 19.8 Å². The lowest BCUT2D eigenvalue weighted by Crippen LogP contribution is -2.39. The first-order chi connectivity index (χ1) is 9.26. The Hall–Kier alpha value is -1.36. The highest BCUT2D eigenvalue weighted by Gasteiger charge is 2.21. The zero-order valence-corrected chi connectivity index (χ0v) is 12.1. The van der Waals surface area contributed by atoms with E-state index < -0.39 is 0 Å². The molecular formula is C14H24N4O. The lowest BCUT2D eigenvalue weighted by Gasteiger charge is -2.33. The highest BCUT2D eigenvalue weighted by atomic mass is 16.5. The molecule has 1 saturated heterocycles. The van der Waals surface area contributed by atoms with Gasteiger partial charge in [0.2, 0.25) is 0 Å². The van der Waals surface area contributed by atoms with Gasteiger partial charge in [0.1, 0.15) is 17.5 Å². The molecule has 0 aliphatic carbocycles. The molecule has 106 valence electrons. The van der Waals surface area contributed by atoms with Crippen LogP contribution >= 0.6 is 0 Å². The van der Waals surface area contributed by atoms with Crippen LogP contribution in [0.2, 0.25) is 0 Å². The van der Waals surface area contributed by atoms with Crippen LogP contribution in [0.25, 0.3) is 0 Å². The average Bonchev–Trinajstić information content (AvgIpc) is 2.47. The second kappa shape index (κ2) is 6.70. The van der Waals surface area contributed by atoms with E-state index in [0.717, 1.165) is 56.4 Å². The fraction of sp³-hybridized carbons (Fsp3) is 0.714. The van der Waals surface area contributed by atoms with Crippen LogP contribution in [-0.2, 0) is 11.2 Å². The second-order valence-electron chi connectivity index (χ2n) is 4.86. The van der Waals surface area contributed by atoms with Crippen molar-refractivity contribution in [3.05, 3.63) is 11.9 Å². The van der Waals surface area contributed by atoms with E-state index in [1.165, 1.54) is 0 Å². The van der Waals surface area contributed by atoms with Gasteiger partial charge in [-0.3, -0.25) is 0 Å². The zero-order chi connectivity index (χ0) is 13.7. The van der Waals surface area contributed by atoms with Gasteiger partial charge in [-0.15, -0.1) is 0 Å². The minimum atomic E-state index is 0.316. The van der Waals surface area contributed by atoms with Crippen molar-refractivity contribution in [3.8, 4) is 0 Å². The number of aryl methyl sites for hydroxylation is 1. The first-order valence-corrected chi connectivity index (χ1v) is 7.16. The van der Waals surface area contributed by atoms with Crippen LogP contribution in [-0.4, -0.2) is 42.8 Å². The number of methoxy groups -OCH3 is 1. The van der Waals surface area contributed by atoms with Crippen LogP contribution in [0.4, 0.5) is 11.6 Å². The summed E-state index contributed by atoms with van der Waals surface area (Å²) in [6, 6.07) is 2.04. The third kappa shape index (κ3) is 3.56. The molecule has 2 rings (SSSR count). The van der Waals surface area contributed by atoms with Crippen LogP contribution in [0.5, 0.6) is 0 Å². The number of aromatic nitrogens is 2. The molecule has 0 bridgehead atoms. The molecule has 0 amide bonds. The summed E-state index contributed by atoms with van der Waals surface area (Å²) in [4.78, 5) is 11.4. The largest absolute Gasteiger partial charge is 0.380 e. The molecular weight excluding hydrogens is 240 g/mol. The molecule has 1 aliphatic heterocycles. The van der Waals surface area contributed by atoms with E-state index >= 15 is 0 Å². The summed E-state index contributed by atoms with van der Waals surface area (Å²) in [5, 5.41) is 3.28. The summed E-state index contributed by atoms with van der Waals surface area (Å²) in [7, 11) is 1.79. The molecule has 1 atom stereocenters. The van der Waals surface area contributed by atoms with Crippen molar-refractivity contribution >= 4 is 11.6 Å². The van der Waals surface area contributed by atoms with Crippen molar-refractivity contribution < 1.29 is 4.74 Å². The smallest absolute Gasteiger partial charge is 0.134 e. The Morgan fingerprint density at radius 1 is 1.42 bits per heavy atom. The zero-order valence-electron chi connectivity index (χ0n) is 12.1. The molecule has 1 aromatic rings. The van der Waals surface area contributed by atoms with E-state index in [-0.39, 0.29) is 0 Å². The Morgan fingerprint density at radius 2 is 2.26 bits per heavy atom. The standard InChI is InChI=1S/C14H24N4O/c1-4-12-16-13(15-5-2)9-14(17-12)18-8-6-7-11(10-18)19-3/h9,11H,4-8,10H2,1-3H3,(H,15,16,17). The minimum Gasteiger partial charge on any atom is -0.380 e. The number of hydrogen-bond donors (Lipinski definition) is 1. The van der Waals surface area contributed by atoms with Crippen molar-refractivity contribution in [3.63, 3.8) is 0 Å². The summed E-state index contributed by atoms with van der Waals surface area (Å²) in [5.41, 5.74) is 0. The summed E-state index contributed by atoms with van der Waals surface area (Å²) < 4.78 is 5.48. The monoisotopic (exact) mass is 264 g/mol. The summed E-state index contributed by atoms with van der Waals surface area (Å²) in [5.74, 6) is 2.83. The van der Waals surface area contributed by atoms with Crippen molar-refractivity contribution in [2.75, 3.05) is 37.0 Å². The number of nitrogens with zero attached hydrogens (tertiary/aromatic N) is 3. The van der Waals surface area contributed by atoms with Gasteiger partial charge >= 0.3 is 0 Å². The normalized spacial score (nSPS) is 19.5. The van der Waals surface area contributed by atoms with Crippen molar-refractivity contribution in [2.24, 2.45) is 0 Å². The number of nitrogens with one attached hydrogen (secondary N) is 1. The number of hydrogen-bond acceptors (Lipinski definition) is 5. The second-order valence-corrected chi connectivity index (χ2v) is 4.86. The van der Waals surface area contributed by atoms with Crippen molar-refractivity contribution in [2.45, 2.75) is 39.2 Å². The highest BCUT2D eigenvalue weighted by molar-refractivity contribution is 5.49. The summed E-state index contributed by atoms with van der Waals surface area (Å²) >= 11 is 0. The van der Waals surface area contributed by atoms with Gasteiger partial charge in [-0.1, -0.05) is 6.92 Å². The molecule has 2 heterocycles. The average molecular weight is 264 g/mol. The van der Waals surface area contributed by atoms with Gasteiger partial charge in [0.25, 0.3) is 0 Å². The summed E-state index contributed by atoms with van der Waals surface area (Å²) in [6.45, 7) is 7.01. The molecule has 1 aliphatic rings. The Labute approximate surface area is 115 Å².